The van der Waals surface area contributed by atoms with Crippen molar-refractivity contribution in [1.82, 2.24) is 0 Å². The van der Waals surface area contributed by atoms with Crippen LogP contribution in [0.15, 0.2) is 48.5 Å². The Morgan fingerprint density at radius 2 is 1.00 bits per heavy atom. The molecule has 0 heterocycles. The van der Waals surface area contributed by atoms with Gasteiger partial charge in [0.2, 0.25) is 0 Å². The lowest BCUT2D eigenvalue weighted by Gasteiger charge is -2.35. The molecule has 0 saturated carbocycles. The van der Waals surface area contributed by atoms with Gasteiger partial charge in [-0.15, -0.1) is 0 Å². The van der Waals surface area contributed by atoms with Crippen LogP contribution in [0.2, 0.25) is 0 Å². The maximum Gasteiger partial charge on any atom is 0.111 e. The van der Waals surface area contributed by atoms with E-state index in [1.165, 1.54) is 16.7 Å². The van der Waals surface area contributed by atoms with Gasteiger partial charge < -0.3 is 30.6 Å². The maximum atomic E-state index is 11.1. The van der Waals surface area contributed by atoms with Crippen LogP contribution in [0.3, 0.4) is 0 Å². The number of hydrogen-bond acceptors (Lipinski definition) is 6. The van der Waals surface area contributed by atoms with Crippen molar-refractivity contribution in [3.63, 3.8) is 0 Å². The van der Waals surface area contributed by atoms with E-state index in [1.807, 2.05) is 19.1 Å². The third-order valence-electron chi connectivity index (χ3n) is 7.28. The molecule has 3 unspecified atom stereocenters. The van der Waals surface area contributed by atoms with E-state index >= 15 is 0 Å². The fraction of sp³-hybridized carbons (Fsp3) is 0.600. The fourth-order valence-electron chi connectivity index (χ4n) is 4.82. The molecule has 202 valence electrons. The molecule has 6 heteroatoms. The van der Waals surface area contributed by atoms with Gasteiger partial charge in [-0.3, -0.25) is 0 Å². The molecule has 2 aromatic rings. The lowest BCUT2D eigenvalue weighted by Crippen LogP contribution is -2.52. The summed E-state index contributed by atoms with van der Waals surface area (Å²) < 4.78 is 0. The number of benzene rings is 2. The summed E-state index contributed by atoms with van der Waals surface area (Å²) in [6.07, 6.45) is -1.90. The van der Waals surface area contributed by atoms with Crippen molar-refractivity contribution in [3.8, 4) is 0 Å². The Balaban J connectivity index is 2.17. The van der Waals surface area contributed by atoms with Crippen LogP contribution in [-0.4, -0.2) is 67.8 Å². The Morgan fingerprint density at radius 3 is 1.44 bits per heavy atom. The van der Waals surface area contributed by atoms with Gasteiger partial charge in [-0.2, -0.15) is 0 Å². The minimum absolute atomic E-state index is 0.00704. The van der Waals surface area contributed by atoms with E-state index in [4.69, 9.17) is 5.11 Å². The van der Waals surface area contributed by atoms with Gasteiger partial charge in [0, 0.05) is 0 Å². The average Bonchev–Trinajstić information content (AvgIpc) is 2.90. The first-order valence-corrected chi connectivity index (χ1v) is 13.4. The van der Waals surface area contributed by atoms with Gasteiger partial charge in [-0.1, -0.05) is 82.1 Å². The molecular formula is C30H46O6. The predicted molar refractivity (Wildman–Crippen MR) is 143 cm³/mol. The van der Waals surface area contributed by atoms with Crippen molar-refractivity contribution in [2.24, 2.45) is 11.8 Å². The Kier molecular flexibility index (Phi) is 13.1. The van der Waals surface area contributed by atoms with Gasteiger partial charge in [-0.25, -0.2) is 0 Å². The molecule has 0 aromatic heterocycles. The fourth-order valence-corrected chi connectivity index (χ4v) is 4.82. The van der Waals surface area contributed by atoms with Crippen LogP contribution >= 0.6 is 0 Å². The van der Waals surface area contributed by atoms with Crippen LogP contribution in [0, 0.1) is 11.8 Å². The monoisotopic (exact) mass is 502 g/mol. The first-order valence-electron chi connectivity index (χ1n) is 13.4. The van der Waals surface area contributed by atoms with E-state index in [2.05, 4.69) is 50.2 Å². The maximum absolute atomic E-state index is 11.1. The van der Waals surface area contributed by atoms with Crippen molar-refractivity contribution >= 4 is 0 Å². The Bertz CT molecular complexity index is 853. The summed E-state index contributed by atoms with van der Waals surface area (Å²) in [5.74, 6) is -0.406. The Morgan fingerprint density at radius 1 is 0.583 bits per heavy atom. The molecule has 0 radical (unpaired) electrons. The van der Waals surface area contributed by atoms with Crippen LogP contribution in [0.4, 0.5) is 0 Å². The van der Waals surface area contributed by atoms with E-state index in [1.54, 1.807) is 0 Å². The molecule has 2 rings (SSSR count). The summed E-state index contributed by atoms with van der Waals surface area (Å²) in [5.41, 5.74) is 4.79. The standard InChI is InChI=1S/C30H46O6/c1-4-6-21-10-12-23(13-11-21)9-8-20(3)25(18-24-16-14-22(7-5-2)15-17-24)27(33)29(35)30(36)28(34)26(32)19-31/h10-17,20,25-36H,4-9,18-19H2,1-3H3/t20?,25?,26-,27?,28+,29+,30-/m0/s1. The van der Waals surface area contributed by atoms with Crippen molar-refractivity contribution < 1.29 is 30.6 Å². The van der Waals surface area contributed by atoms with Crippen LogP contribution in [-0.2, 0) is 25.7 Å². The van der Waals surface area contributed by atoms with Crippen molar-refractivity contribution in [2.45, 2.75) is 96.2 Å². The zero-order valence-electron chi connectivity index (χ0n) is 22.0. The highest BCUT2D eigenvalue weighted by molar-refractivity contribution is 5.24. The zero-order chi connectivity index (χ0) is 26.7. The third-order valence-corrected chi connectivity index (χ3v) is 7.28. The number of aliphatic hydroxyl groups excluding tert-OH is 6. The van der Waals surface area contributed by atoms with Gasteiger partial charge >= 0.3 is 0 Å². The summed E-state index contributed by atoms with van der Waals surface area (Å²) in [6, 6.07) is 16.8. The highest BCUT2D eigenvalue weighted by Gasteiger charge is 2.39. The van der Waals surface area contributed by atoms with Crippen molar-refractivity contribution in [3.05, 3.63) is 70.8 Å². The van der Waals surface area contributed by atoms with Crippen LogP contribution in [0.1, 0.15) is 62.3 Å². The molecule has 0 aliphatic rings. The summed E-state index contributed by atoms with van der Waals surface area (Å²) >= 11 is 0. The lowest BCUT2D eigenvalue weighted by atomic mass is 9.77. The van der Waals surface area contributed by atoms with Gasteiger partial charge in [0.25, 0.3) is 0 Å². The number of hydrogen-bond donors (Lipinski definition) is 6. The molecule has 6 nitrogen and oxygen atoms in total. The normalized spacial score (nSPS) is 17.7. The average molecular weight is 503 g/mol. The first kappa shape index (κ1) is 30.4. The molecule has 0 fully saturated rings. The first-order chi connectivity index (χ1) is 17.2. The number of aryl methyl sites for hydroxylation is 3. The van der Waals surface area contributed by atoms with E-state index in [0.29, 0.717) is 6.42 Å². The Hall–Kier alpha value is -1.80. The molecule has 0 spiro atoms. The smallest absolute Gasteiger partial charge is 0.111 e. The molecule has 0 saturated heterocycles. The lowest BCUT2D eigenvalue weighted by molar-refractivity contribution is -0.152. The van der Waals surface area contributed by atoms with Gasteiger partial charge in [0.15, 0.2) is 0 Å². The molecule has 36 heavy (non-hydrogen) atoms. The second kappa shape index (κ2) is 15.5. The van der Waals surface area contributed by atoms with E-state index in [0.717, 1.165) is 44.1 Å². The second-order valence-corrected chi connectivity index (χ2v) is 10.2. The summed E-state index contributed by atoms with van der Waals surface area (Å²) in [7, 11) is 0. The highest BCUT2D eigenvalue weighted by atomic mass is 16.4. The zero-order valence-corrected chi connectivity index (χ0v) is 22.0. The van der Waals surface area contributed by atoms with Crippen LogP contribution < -0.4 is 0 Å². The van der Waals surface area contributed by atoms with Crippen molar-refractivity contribution in [1.29, 1.82) is 0 Å². The summed E-state index contributed by atoms with van der Waals surface area (Å²) in [5, 5.41) is 61.1. The molecular weight excluding hydrogens is 456 g/mol. The molecule has 0 amide bonds. The van der Waals surface area contributed by atoms with Gasteiger partial charge in [0.05, 0.1) is 12.7 Å². The SMILES string of the molecule is CCCc1ccc(CCC(C)C(Cc2ccc(CCC)cc2)C(O)[C@@H](O)[C@@H](O)[C@H](O)[C@@H](O)CO)cc1. The quantitative estimate of drug-likeness (QED) is 0.210. The second-order valence-electron chi connectivity index (χ2n) is 10.2. The van der Waals surface area contributed by atoms with E-state index < -0.39 is 43.0 Å². The van der Waals surface area contributed by atoms with Gasteiger partial charge in [-0.05, 0) is 66.2 Å². The molecule has 0 bridgehead atoms. The largest absolute Gasteiger partial charge is 0.394 e. The molecule has 0 aliphatic heterocycles. The Labute approximate surface area is 216 Å². The number of rotatable bonds is 16. The minimum Gasteiger partial charge on any atom is -0.394 e. The number of aliphatic hydroxyl groups is 6. The van der Waals surface area contributed by atoms with Crippen molar-refractivity contribution in [2.75, 3.05) is 6.61 Å². The van der Waals surface area contributed by atoms with Gasteiger partial charge in [0.1, 0.15) is 24.4 Å². The third kappa shape index (κ3) is 8.94. The van der Waals surface area contributed by atoms with E-state index in [-0.39, 0.29) is 5.92 Å². The molecule has 6 N–H and O–H groups in total. The molecule has 2 aromatic carbocycles. The predicted octanol–water partition coefficient (Wildman–Crippen LogP) is 2.82. The van der Waals surface area contributed by atoms with E-state index in [9.17, 15) is 25.5 Å². The topological polar surface area (TPSA) is 121 Å². The summed E-state index contributed by atoms with van der Waals surface area (Å²) in [4.78, 5) is 0. The molecule has 0 aliphatic carbocycles. The minimum atomic E-state index is -1.80. The highest BCUT2D eigenvalue weighted by Crippen LogP contribution is 2.29. The van der Waals surface area contributed by atoms with Crippen LogP contribution in [0.5, 0.6) is 0 Å². The van der Waals surface area contributed by atoms with Crippen LogP contribution in [0.25, 0.3) is 0 Å². The summed E-state index contributed by atoms with van der Waals surface area (Å²) in [6.45, 7) is 5.56. The molecule has 7 atom stereocenters.